The van der Waals surface area contributed by atoms with Crippen molar-refractivity contribution in [3.05, 3.63) is 77.1 Å². The lowest BCUT2D eigenvalue weighted by molar-refractivity contribution is -0.348. The lowest BCUT2D eigenvalue weighted by Crippen LogP contribution is -2.57. The smallest absolute Gasteiger partial charge is 0.435 e. The average Bonchev–Trinajstić information content (AvgIpc) is 3.45. The van der Waals surface area contributed by atoms with Crippen molar-refractivity contribution in [3.63, 3.8) is 0 Å². The maximum absolute atomic E-state index is 15.2. The number of allylic oxidation sites excluding steroid dienone is 1. The number of rotatable bonds is 5. The molecule has 0 radical (unpaired) electrons. The summed E-state index contributed by atoms with van der Waals surface area (Å²) >= 11 is 0. The molecule has 13 heteroatoms. The highest BCUT2D eigenvalue weighted by Gasteiger charge is 2.74. The fourth-order valence-electron chi connectivity index (χ4n) is 9.06. The Bertz CT molecular complexity index is 1750. The third-order valence-corrected chi connectivity index (χ3v) is 14.7. The minimum absolute atomic E-state index is 0.00173. The van der Waals surface area contributed by atoms with Crippen LogP contribution in [0.5, 0.6) is 0 Å². The molecule has 49 heavy (non-hydrogen) atoms. The topological polar surface area (TPSA) is 74.7 Å². The van der Waals surface area contributed by atoms with Crippen LogP contribution in [-0.2, 0) is 36.9 Å². The first kappa shape index (κ1) is 35.7. The van der Waals surface area contributed by atoms with Crippen LogP contribution in [0.1, 0.15) is 94.4 Å². The van der Waals surface area contributed by atoms with E-state index in [9.17, 15) is 44.7 Å². The summed E-state index contributed by atoms with van der Waals surface area (Å²) in [5, 5.41) is 10.3. The van der Waals surface area contributed by atoms with E-state index in [1.807, 2.05) is 20.8 Å². The highest BCUT2D eigenvalue weighted by atomic mass is 32.2. The molecule has 268 valence electrons. The molecule has 5 nitrogen and oxygen atoms in total. The number of carbonyl (C=O) groups is 1. The van der Waals surface area contributed by atoms with Crippen molar-refractivity contribution in [2.75, 3.05) is 6.54 Å². The summed E-state index contributed by atoms with van der Waals surface area (Å²) in [5.41, 5.74) is -8.22. The molecule has 4 fully saturated rings. The van der Waals surface area contributed by atoms with E-state index in [4.69, 9.17) is 0 Å². The standard InChI is InChI=1S/C36H40F7NO4S/c1-22(45)31-13-16-32(17-14-31,18-15-31)29(46)44-20-19-33(49(47,48)26-9-6-24(7-10-26)30(2,3)4)27-11-8-25(21-23(27)5-12-28(33)44)34(37,35(38,39)40)36(41,42)43/h6-11,21,28,45H,1,5,12-20H2,2-4H3. The van der Waals surface area contributed by atoms with Crippen molar-refractivity contribution in [2.24, 2.45) is 10.8 Å². The molecule has 2 aromatic rings. The first-order valence-electron chi connectivity index (χ1n) is 16.5. The molecule has 4 aliphatic carbocycles. The maximum Gasteiger partial charge on any atom is 0.435 e. The fraction of sp³-hybridized carbons (Fsp3) is 0.583. The number of benzene rings is 2. The number of aliphatic hydroxyl groups excluding tert-OH is 1. The molecule has 1 aliphatic heterocycles. The van der Waals surface area contributed by atoms with Gasteiger partial charge in [-0.05, 0) is 92.0 Å². The third-order valence-electron chi connectivity index (χ3n) is 12.1. The van der Waals surface area contributed by atoms with Gasteiger partial charge in [0.25, 0.3) is 0 Å². The molecule has 1 N–H and O–H groups in total. The molecular weight excluding hydrogens is 675 g/mol. The Morgan fingerprint density at radius 1 is 0.816 bits per heavy atom. The molecule has 2 aromatic carbocycles. The SMILES string of the molecule is C=C(O)C12CCC(C(=O)N3CCC4(S(=O)(=O)c5ccc(C(C)(C)C)cc5)c5ccc(C(F)(C(F)(F)F)C(F)(F)F)cc5CCC34)(CC1)CC2. The Hall–Kier alpha value is -3.09. The van der Waals surface area contributed by atoms with Gasteiger partial charge in [-0.15, -0.1) is 0 Å². The molecule has 1 saturated heterocycles. The maximum atomic E-state index is 15.2. The van der Waals surface area contributed by atoms with Gasteiger partial charge in [0.2, 0.25) is 5.91 Å². The molecule has 7 rings (SSSR count). The Morgan fingerprint density at radius 3 is 1.82 bits per heavy atom. The van der Waals surface area contributed by atoms with Gasteiger partial charge < -0.3 is 10.0 Å². The van der Waals surface area contributed by atoms with E-state index in [1.54, 1.807) is 17.0 Å². The van der Waals surface area contributed by atoms with Crippen LogP contribution in [0.4, 0.5) is 30.7 Å². The zero-order chi connectivity index (χ0) is 36.2. The number of sulfone groups is 1. The Morgan fingerprint density at radius 2 is 1.33 bits per heavy atom. The summed E-state index contributed by atoms with van der Waals surface area (Å²) < 4.78 is 126. The summed E-state index contributed by atoms with van der Waals surface area (Å²) in [6, 6.07) is 7.01. The van der Waals surface area contributed by atoms with Gasteiger partial charge >= 0.3 is 18.0 Å². The molecular formula is C36H40F7NO4S. The fourth-order valence-corrected chi connectivity index (χ4v) is 11.4. The second-order valence-electron chi connectivity index (χ2n) is 15.5. The normalized spacial score (nSPS) is 29.0. The van der Waals surface area contributed by atoms with E-state index >= 15 is 4.39 Å². The van der Waals surface area contributed by atoms with E-state index < -0.39 is 55.0 Å². The van der Waals surface area contributed by atoms with E-state index in [1.165, 1.54) is 12.1 Å². The summed E-state index contributed by atoms with van der Waals surface area (Å²) in [4.78, 5) is 16.0. The highest BCUT2D eigenvalue weighted by Crippen LogP contribution is 2.62. The molecule has 2 bridgehead atoms. The van der Waals surface area contributed by atoms with Crippen molar-refractivity contribution in [2.45, 2.75) is 118 Å². The van der Waals surface area contributed by atoms with Crippen LogP contribution in [0.15, 0.2) is 59.7 Å². The lowest BCUT2D eigenvalue weighted by Gasteiger charge is -2.53. The van der Waals surface area contributed by atoms with Crippen molar-refractivity contribution in [1.29, 1.82) is 0 Å². The number of hydrogen-bond acceptors (Lipinski definition) is 4. The third kappa shape index (κ3) is 4.98. The van der Waals surface area contributed by atoms with Gasteiger partial charge in [0.15, 0.2) is 9.84 Å². The van der Waals surface area contributed by atoms with E-state index in [-0.39, 0.29) is 58.9 Å². The predicted octanol–water partition coefficient (Wildman–Crippen LogP) is 8.90. The number of halogens is 7. The average molecular weight is 716 g/mol. The van der Waals surface area contributed by atoms with Gasteiger partial charge in [-0.2, -0.15) is 26.3 Å². The van der Waals surface area contributed by atoms with Crippen LogP contribution in [0.2, 0.25) is 0 Å². The second-order valence-corrected chi connectivity index (χ2v) is 17.7. The van der Waals surface area contributed by atoms with Gasteiger partial charge in [0, 0.05) is 22.9 Å². The van der Waals surface area contributed by atoms with Crippen LogP contribution in [-0.4, -0.2) is 49.3 Å². The van der Waals surface area contributed by atoms with Crippen molar-refractivity contribution in [3.8, 4) is 0 Å². The predicted molar refractivity (Wildman–Crippen MR) is 168 cm³/mol. The van der Waals surface area contributed by atoms with Crippen molar-refractivity contribution >= 4 is 15.7 Å². The number of aliphatic hydroxyl groups is 1. The quantitative estimate of drug-likeness (QED) is 0.248. The molecule has 1 amide bonds. The Kier molecular flexibility index (Phi) is 7.99. The Labute approximate surface area is 281 Å². The second kappa shape index (κ2) is 11.0. The summed E-state index contributed by atoms with van der Waals surface area (Å²) in [6.07, 6.45) is -9.98. The van der Waals surface area contributed by atoms with Crippen molar-refractivity contribution in [1.82, 2.24) is 4.90 Å². The number of nitrogens with zero attached hydrogens (tertiary/aromatic N) is 1. The van der Waals surface area contributed by atoms with E-state index in [0.29, 0.717) is 50.7 Å². The van der Waals surface area contributed by atoms with Crippen LogP contribution in [0, 0.1) is 10.8 Å². The van der Waals surface area contributed by atoms with Gasteiger partial charge in [-0.3, -0.25) is 4.79 Å². The number of fused-ring (bicyclic) bond motifs is 6. The van der Waals surface area contributed by atoms with Gasteiger partial charge in [0.05, 0.1) is 16.7 Å². The van der Waals surface area contributed by atoms with Crippen LogP contribution < -0.4 is 0 Å². The summed E-state index contributed by atoms with van der Waals surface area (Å²) in [5.74, 6) is -0.139. The first-order valence-corrected chi connectivity index (χ1v) is 18.0. The highest BCUT2D eigenvalue weighted by molar-refractivity contribution is 7.92. The van der Waals surface area contributed by atoms with E-state index in [0.717, 1.165) is 11.6 Å². The van der Waals surface area contributed by atoms with Gasteiger partial charge in [0.1, 0.15) is 4.75 Å². The number of aryl methyl sites for hydroxylation is 1. The zero-order valence-corrected chi connectivity index (χ0v) is 28.4. The molecule has 2 atom stereocenters. The monoisotopic (exact) mass is 715 g/mol. The largest absolute Gasteiger partial charge is 0.512 e. The van der Waals surface area contributed by atoms with E-state index in [2.05, 4.69) is 6.58 Å². The number of carbonyl (C=O) groups excluding carboxylic acids is 1. The molecule has 5 aliphatic rings. The lowest BCUT2D eigenvalue weighted by atomic mass is 9.52. The number of amides is 1. The van der Waals surface area contributed by atoms with Crippen molar-refractivity contribution < 1.29 is 49.1 Å². The zero-order valence-electron chi connectivity index (χ0n) is 27.6. The molecule has 1 heterocycles. The number of alkyl halides is 7. The van der Waals surface area contributed by atoms with Gasteiger partial charge in [-0.1, -0.05) is 57.7 Å². The summed E-state index contributed by atoms with van der Waals surface area (Å²) in [7, 11) is -4.45. The minimum Gasteiger partial charge on any atom is -0.512 e. The first-order chi connectivity index (χ1) is 22.5. The van der Waals surface area contributed by atoms with Crippen LogP contribution >= 0.6 is 0 Å². The van der Waals surface area contributed by atoms with Crippen LogP contribution in [0.25, 0.3) is 0 Å². The minimum atomic E-state index is -6.33. The van der Waals surface area contributed by atoms with Gasteiger partial charge in [-0.25, -0.2) is 12.8 Å². The molecule has 2 unspecified atom stereocenters. The number of hydrogen-bond donors (Lipinski definition) is 1. The Balaban J connectivity index is 1.48. The molecule has 0 spiro atoms. The summed E-state index contributed by atoms with van der Waals surface area (Å²) in [6.45, 7) is 9.59. The van der Waals surface area contributed by atoms with Crippen LogP contribution in [0.3, 0.4) is 0 Å². The number of likely N-dealkylation sites (tertiary alicyclic amines) is 1. The molecule has 0 aromatic heterocycles. The molecule has 3 saturated carbocycles.